The molecule has 3 N–H and O–H groups in total. The topological polar surface area (TPSA) is 90.9 Å². The second kappa shape index (κ2) is 10.5. The van der Waals surface area contributed by atoms with Gasteiger partial charge in [0, 0.05) is 23.8 Å². The van der Waals surface area contributed by atoms with Crippen LogP contribution in [0.25, 0.3) is 0 Å². The van der Waals surface area contributed by atoms with Crippen molar-refractivity contribution in [3.05, 3.63) is 28.8 Å². The number of aryl methyl sites for hydroxylation is 1. The van der Waals surface area contributed by atoms with E-state index in [0.717, 1.165) is 44.8 Å². The Morgan fingerprint density at radius 2 is 2.08 bits per heavy atom. The van der Waals surface area contributed by atoms with Crippen molar-refractivity contribution in [1.29, 1.82) is 0 Å². The van der Waals surface area contributed by atoms with E-state index in [4.69, 9.17) is 16.3 Å². The van der Waals surface area contributed by atoms with E-state index in [9.17, 15) is 14.7 Å². The van der Waals surface area contributed by atoms with Crippen molar-refractivity contribution in [1.82, 2.24) is 10.2 Å². The molecule has 1 saturated heterocycles. The normalized spacial score (nSPS) is 16.2. The van der Waals surface area contributed by atoms with Gasteiger partial charge in [0.05, 0.1) is 19.6 Å². The Kier molecular flexibility index (Phi) is 8.31. The van der Waals surface area contributed by atoms with E-state index in [-0.39, 0.29) is 12.3 Å². The third-order valence-corrected chi connectivity index (χ3v) is 4.70. The lowest BCUT2D eigenvalue weighted by Crippen LogP contribution is -2.42. The molecular weight excluding hydrogens is 358 g/mol. The van der Waals surface area contributed by atoms with Gasteiger partial charge in [-0.1, -0.05) is 17.7 Å². The zero-order valence-electron chi connectivity index (χ0n) is 15.0. The average molecular weight is 384 g/mol. The first kappa shape index (κ1) is 20.6. The molecule has 1 heterocycles. The largest absolute Gasteiger partial charge is 0.480 e. The Bertz CT molecular complexity index is 620. The number of anilines is 1. The van der Waals surface area contributed by atoms with Crippen molar-refractivity contribution < 1.29 is 19.4 Å². The average Bonchev–Trinajstić information content (AvgIpc) is 2.61. The first-order valence-electron chi connectivity index (χ1n) is 8.78. The quantitative estimate of drug-likeness (QED) is 0.563. The molecule has 0 spiro atoms. The molecule has 1 fully saturated rings. The highest BCUT2D eigenvalue weighted by atomic mass is 35.5. The number of hydrogen-bond donors (Lipinski definition) is 3. The second-order valence-corrected chi connectivity index (χ2v) is 6.78. The van der Waals surface area contributed by atoms with Crippen LogP contribution in [-0.4, -0.2) is 67.3 Å². The number of carbonyl (C=O) groups excluding carboxylic acids is 1. The molecule has 0 aliphatic carbocycles. The summed E-state index contributed by atoms with van der Waals surface area (Å²) in [4.78, 5) is 25.8. The molecule has 1 aliphatic rings. The highest BCUT2D eigenvalue weighted by Crippen LogP contribution is 2.20. The molecule has 144 valence electrons. The van der Waals surface area contributed by atoms with Gasteiger partial charge in [0.15, 0.2) is 0 Å². The summed E-state index contributed by atoms with van der Waals surface area (Å²) in [6.07, 6.45) is 0.678. The van der Waals surface area contributed by atoms with Crippen molar-refractivity contribution in [2.24, 2.45) is 0 Å². The summed E-state index contributed by atoms with van der Waals surface area (Å²) in [7, 11) is 0. The van der Waals surface area contributed by atoms with Crippen molar-refractivity contribution in [2.75, 3.05) is 44.7 Å². The van der Waals surface area contributed by atoms with Crippen molar-refractivity contribution in [3.8, 4) is 0 Å². The third kappa shape index (κ3) is 6.92. The molecule has 0 bridgehead atoms. The van der Waals surface area contributed by atoms with Gasteiger partial charge >= 0.3 is 5.97 Å². The zero-order chi connectivity index (χ0) is 18.9. The second-order valence-electron chi connectivity index (χ2n) is 6.37. The molecule has 2 rings (SSSR count). The van der Waals surface area contributed by atoms with Crippen molar-refractivity contribution in [2.45, 2.75) is 25.8 Å². The number of rotatable bonds is 9. The molecule has 26 heavy (non-hydrogen) atoms. The van der Waals surface area contributed by atoms with E-state index in [1.165, 1.54) is 0 Å². The summed E-state index contributed by atoms with van der Waals surface area (Å²) in [5, 5.41) is 15.5. The molecule has 0 radical (unpaired) electrons. The predicted octanol–water partition coefficient (Wildman–Crippen LogP) is 1.74. The van der Waals surface area contributed by atoms with Crippen molar-refractivity contribution in [3.63, 3.8) is 0 Å². The van der Waals surface area contributed by atoms with Crippen LogP contribution >= 0.6 is 11.6 Å². The van der Waals surface area contributed by atoms with E-state index in [0.29, 0.717) is 17.3 Å². The smallest absolute Gasteiger partial charge is 0.321 e. The highest BCUT2D eigenvalue weighted by Gasteiger charge is 2.21. The Labute approximate surface area is 158 Å². The van der Waals surface area contributed by atoms with Gasteiger partial charge in [-0.3, -0.25) is 14.5 Å². The molecule has 1 aromatic carbocycles. The zero-order valence-corrected chi connectivity index (χ0v) is 15.7. The fourth-order valence-electron chi connectivity index (χ4n) is 2.72. The standard InChI is InChI=1S/C18H26ClN3O4/c1-13-3-4-14(11-15(13)19)21-17(23)12-16(18(24)25)20-5-2-6-22-7-9-26-10-8-22/h3-4,11,16,20H,2,5-10,12H2,1H3,(H,21,23)(H,24,25)/t16-/m1/s1. The number of morpholine rings is 1. The number of nitrogens with one attached hydrogen (secondary N) is 2. The van der Waals surface area contributed by atoms with E-state index < -0.39 is 12.0 Å². The number of amides is 1. The Balaban J connectivity index is 1.74. The maximum atomic E-state index is 12.1. The van der Waals surface area contributed by atoms with E-state index in [2.05, 4.69) is 15.5 Å². The van der Waals surface area contributed by atoms with Crippen LogP contribution in [0.5, 0.6) is 0 Å². The Morgan fingerprint density at radius 3 is 2.73 bits per heavy atom. The van der Waals surface area contributed by atoms with Crippen LogP contribution in [-0.2, 0) is 14.3 Å². The van der Waals surface area contributed by atoms with Gasteiger partial charge in [0.1, 0.15) is 6.04 Å². The number of hydrogen-bond acceptors (Lipinski definition) is 5. The van der Waals surface area contributed by atoms with E-state index in [1.807, 2.05) is 6.92 Å². The predicted molar refractivity (Wildman–Crippen MR) is 101 cm³/mol. The summed E-state index contributed by atoms with van der Waals surface area (Å²) in [5.41, 5.74) is 1.47. The maximum Gasteiger partial charge on any atom is 0.321 e. The molecule has 1 aliphatic heterocycles. The lowest BCUT2D eigenvalue weighted by atomic mass is 10.1. The molecule has 7 nitrogen and oxygen atoms in total. The number of nitrogens with zero attached hydrogens (tertiary/aromatic N) is 1. The summed E-state index contributed by atoms with van der Waals surface area (Å²) < 4.78 is 5.29. The minimum atomic E-state index is -1.03. The SMILES string of the molecule is Cc1ccc(NC(=O)C[C@@H](NCCCN2CCOCC2)C(=O)O)cc1Cl. The van der Waals surface area contributed by atoms with Gasteiger partial charge < -0.3 is 20.5 Å². The Hall–Kier alpha value is -1.67. The first-order chi connectivity index (χ1) is 12.5. The number of halogens is 1. The molecule has 0 saturated carbocycles. The van der Waals surface area contributed by atoms with Gasteiger partial charge in [0.25, 0.3) is 0 Å². The molecule has 0 unspecified atom stereocenters. The summed E-state index contributed by atoms with van der Waals surface area (Å²) in [5.74, 6) is -1.40. The number of carboxylic acid groups (broad SMARTS) is 1. The summed E-state index contributed by atoms with van der Waals surface area (Å²) >= 11 is 6.03. The molecule has 1 aromatic rings. The molecule has 8 heteroatoms. The van der Waals surface area contributed by atoms with Gasteiger partial charge in [-0.25, -0.2) is 0 Å². The van der Waals surface area contributed by atoms with Gasteiger partial charge in [0.2, 0.25) is 5.91 Å². The maximum absolute atomic E-state index is 12.1. The van der Waals surface area contributed by atoms with Crippen LogP contribution in [0.4, 0.5) is 5.69 Å². The molecular formula is C18H26ClN3O4. The van der Waals surface area contributed by atoms with Gasteiger partial charge in [-0.05, 0) is 44.1 Å². The van der Waals surface area contributed by atoms with Crippen molar-refractivity contribution >= 4 is 29.2 Å². The molecule has 0 aromatic heterocycles. The first-order valence-corrected chi connectivity index (χ1v) is 9.16. The number of carboxylic acids is 1. The molecule has 1 atom stereocenters. The van der Waals surface area contributed by atoms with Crippen LogP contribution in [0.2, 0.25) is 5.02 Å². The third-order valence-electron chi connectivity index (χ3n) is 4.29. The van der Waals surface area contributed by atoms with Crippen LogP contribution < -0.4 is 10.6 Å². The fourth-order valence-corrected chi connectivity index (χ4v) is 2.90. The van der Waals surface area contributed by atoms with Crippen LogP contribution in [0.3, 0.4) is 0 Å². The number of ether oxygens (including phenoxy) is 1. The van der Waals surface area contributed by atoms with Crippen LogP contribution in [0.15, 0.2) is 18.2 Å². The van der Waals surface area contributed by atoms with E-state index >= 15 is 0 Å². The minimum absolute atomic E-state index is 0.140. The van der Waals surface area contributed by atoms with E-state index in [1.54, 1.807) is 18.2 Å². The van der Waals surface area contributed by atoms with Gasteiger partial charge in [-0.15, -0.1) is 0 Å². The van der Waals surface area contributed by atoms with Crippen LogP contribution in [0.1, 0.15) is 18.4 Å². The number of aliphatic carboxylic acids is 1. The minimum Gasteiger partial charge on any atom is -0.480 e. The number of carbonyl (C=O) groups is 2. The summed E-state index contributed by atoms with van der Waals surface area (Å²) in [6.45, 7) is 6.60. The molecule has 1 amide bonds. The highest BCUT2D eigenvalue weighted by molar-refractivity contribution is 6.31. The number of benzene rings is 1. The Morgan fingerprint density at radius 1 is 1.35 bits per heavy atom. The summed E-state index contributed by atoms with van der Waals surface area (Å²) in [6, 6.07) is 4.28. The van der Waals surface area contributed by atoms with Gasteiger partial charge in [-0.2, -0.15) is 0 Å². The monoisotopic (exact) mass is 383 g/mol. The lowest BCUT2D eigenvalue weighted by molar-refractivity contribution is -0.141. The fraction of sp³-hybridized carbons (Fsp3) is 0.556. The van der Waals surface area contributed by atoms with Crippen LogP contribution in [0, 0.1) is 6.92 Å². The lowest BCUT2D eigenvalue weighted by Gasteiger charge is -2.26.